The standard InChI is InChI=1S/C12H15ClFNO3/c1-12(2,3)15(11(17)18)6-7-9(16)5-4-8(13)10(7)14/h4-5,16H,6H2,1-3H3,(H,17,18). The Morgan fingerprint density at radius 2 is 2.00 bits per heavy atom. The largest absolute Gasteiger partial charge is 0.507 e. The highest BCUT2D eigenvalue weighted by atomic mass is 35.5. The Kier molecular flexibility index (Phi) is 4.06. The monoisotopic (exact) mass is 275 g/mol. The van der Waals surface area contributed by atoms with Gasteiger partial charge in [0, 0.05) is 5.54 Å². The van der Waals surface area contributed by atoms with Crippen molar-refractivity contribution in [2.75, 3.05) is 0 Å². The number of hydrogen-bond donors (Lipinski definition) is 2. The van der Waals surface area contributed by atoms with Gasteiger partial charge in [-0.05, 0) is 32.9 Å². The van der Waals surface area contributed by atoms with E-state index in [0.717, 1.165) is 4.90 Å². The summed E-state index contributed by atoms with van der Waals surface area (Å²) in [7, 11) is 0. The Bertz CT molecular complexity index is 471. The molecule has 0 atom stereocenters. The lowest BCUT2D eigenvalue weighted by Crippen LogP contribution is -2.44. The predicted octanol–water partition coefficient (Wildman–Crippen LogP) is 3.46. The number of rotatable bonds is 2. The van der Waals surface area contributed by atoms with Crippen LogP contribution in [0, 0.1) is 5.82 Å². The van der Waals surface area contributed by atoms with Crippen molar-refractivity contribution in [1.82, 2.24) is 4.90 Å². The van der Waals surface area contributed by atoms with E-state index in [2.05, 4.69) is 0 Å². The lowest BCUT2D eigenvalue weighted by Gasteiger charge is -2.33. The van der Waals surface area contributed by atoms with E-state index in [4.69, 9.17) is 16.7 Å². The van der Waals surface area contributed by atoms with E-state index in [1.807, 2.05) is 0 Å². The van der Waals surface area contributed by atoms with Crippen molar-refractivity contribution in [3.8, 4) is 5.75 Å². The van der Waals surface area contributed by atoms with Gasteiger partial charge in [-0.15, -0.1) is 0 Å². The zero-order valence-corrected chi connectivity index (χ0v) is 11.1. The van der Waals surface area contributed by atoms with Gasteiger partial charge in [0.2, 0.25) is 0 Å². The van der Waals surface area contributed by atoms with Crippen LogP contribution in [0.4, 0.5) is 9.18 Å². The average molecular weight is 276 g/mol. The third-order valence-corrected chi connectivity index (χ3v) is 2.82. The molecule has 1 amide bonds. The van der Waals surface area contributed by atoms with E-state index < -0.39 is 17.4 Å². The molecule has 0 aliphatic rings. The maximum Gasteiger partial charge on any atom is 0.408 e. The van der Waals surface area contributed by atoms with Crippen molar-refractivity contribution < 1.29 is 19.4 Å². The molecule has 0 bridgehead atoms. The lowest BCUT2D eigenvalue weighted by atomic mass is 10.0. The summed E-state index contributed by atoms with van der Waals surface area (Å²) < 4.78 is 13.8. The van der Waals surface area contributed by atoms with Gasteiger partial charge >= 0.3 is 6.09 Å². The lowest BCUT2D eigenvalue weighted by molar-refractivity contribution is 0.0943. The van der Waals surface area contributed by atoms with Crippen LogP contribution in [0.15, 0.2) is 12.1 Å². The molecule has 0 aliphatic carbocycles. The van der Waals surface area contributed by atoms with E-state index in [0.29, 0.717) is 0 Å². The first kappa shape index (κ1) is 14.6. The molecule has 0 aromatic heterocycles. The highest BCUT2D eigenvalue weighted by Gasteiger charge is 2.28. The number of benzene rings is 1. The molecular formula is C12H15ClFNO3. The Labute approximate surface area is 110 Å². The minimum absolute atomic E-state index is 0.125. The smallest absolute Gasteiger partial charge is 0.408 e. The zero-order valence-electron chi connectivity index (χ0n) is 10.4. The van der Waals surface area contributed by atoms with Gasteiger partial charge in [0.05, 0.1) is 17.1 Å². The zero-order chi connectivity index (χ0) is 14.1. The molecule has 0 unspecified atom stereocenters. The quantitative estimate of drug-likeness (QED) is 0.869. The van der Waals surface area contributed by atoms with Crippen molar-refractivity contribution in [3.05, 3.63) is 28.5 Å². The number of halogens is 2. The summed E-state index contributed by atoms with van der Waals surface area (Å²) in [5.41, 5.74) is -0.840. The summed E-state index contributed by atoms with van der Waals surface area (Å²) in [6.45, 7) is 4.78. The average Bonchev–Trinajstić information content (AvgIpc) is 2.21. The fourth-order valence-electron chi connectivity index (χ4n) is 1.48. The van der Waals surface area contributed by atoms with Crippen LogP contribution in [0.2, 0.25) is 5.02 Å². The Morgan fingerprint density at radius 3 is 2.44 bits per heavy atom. The first-order valence-corrected chi connectivity index (χ1v) is 5.68. The molecule has 18 heavy (non-hydrogen) atoms. The molecular weight excluding hydrogens is 261 g/mol. The van der Waals surface area contributed by atoms with E-state index in [-0.39, 0.29) is 22.9 Å². The van der Waals surface area contributed by atoms with Crippen molar-refractivity contribution in [3.63, 3.8) is 0 Å². The molecule has 6 heteroatoms. The Balaban J connectivity index is 3.17. The van der Waals surface area contributed by atoms with Crippen LogP contribution in [0.1, 0.15) is 26.3 Å². The third kappa shape index (κ3) is 3.04. The molecule has 0 saturated carbocycles. The second-order valence-electron chi connectivity index (χ2n) is 4.90. The van der Waals surface area contributed by atoms with Gasteiger partial charge in [0.25, 0.3) is 0 Å². The maximum absolute atomic E-state index is 13.8. The minimum atomic E-state index is -1.19. The fourth-order valence-corrected chi connectivity index (χ4v) is 1.66. The first-order chi connectivity index (χ1) is 8.14. The molecule has 1 aromatic carbocycles. The number of carbonyl (C=O) groups is 1. The highest BCUT2D eigenvalue weighted by molar-refractivity contribution is 6.30. The molecule has 100 valence electrons. The van der Waals surface area contributed by atoms with Crippen molar-refractivity contribution in [2.24, 2.45) is 0 Å². The van der Waals surface area contributed by atoms with E-state index >= 15 is 0 Å². The first-order valence-electron chi connectivity index (χ1n) is 5.31. The highest BCUT2D eigenvalue weighted by Crippen LogP contribution is 2.29. The number of phenols is 1. The second-order valence-corrected chi connectivity index (χ2v) is 5.31. The normalized spacial score (nSPS) is 11.4. The topological polar surface area (TPSA) is 60.8 Å². The molecule has 0 radical (unpaired) electrons. The van der Waals surface area contributed by atoms with Crippen molar-refractivity contribution in [1.29, 1.82) is 0 Å². The molecule has 4 nitrogen and oxygen atoms in total. The van der Waals surface area contributed by atoms with Crippen molar-refractivity contribution in [2.45, 2.75) is 32.9 Å². The number of aromatic hydroxyl groups is 1. The second kappa shape index (κ2) is 5.02. The number of amides is 1. The number of hydrogen-bond acceptors (Lipinski definition) is 2. The van der Waals surface area contributed by atoms with Crippen LogP contribution in [0.5, 0.6) is 5.75 Å². The van der Waals surface area contributed by atoms with Crippen LogP contribution in [-0.4, -0.2) is 26.7 Å². The summed E-state index contributed by atoms with van der Waals surface area (Å²) in [5.74, 6) is -1.11. The van der Waals surface area contributed by atoms with Gasteiger partial charge in [0.1, 0.15) is 11.6 Å². The summed E-state index contributed by atoms with van der Waals surface area (Å²) in [4.78, 5) is 12.2. The molecule has 0 saturated heterocycles. The van der Waals surface area contributed by atoms with Crippen molar-refractivity contribution >= 4 is 17.7 Å². The van der Waals surface area contributed by atoms with E-state index in [9.17, 15) is 14.3 Å². The SMILES string of the molecule is CC(C)(C)N(Cc1c(O)ccc(Cl)c1F)C(=O)O. The maximum atomic E-state index is 13.8. The van der Waals surface area contributed by atoms with Crippen LogP contribution in [-0.2, 0) is 6.54 Å². The van der Waals surface area contributed by atoms with Crippen LogP contribution < -0.4 is 0 Å². The summed E-state index contributed by atoms with van der Waals surface area (Å²) in [5, 5.41) is 18.6. The molecule has 0 heterocycles. The van der Waals surface area contributed by atoms with Gasteiger partial charge in [0.15, 0.2) is 0 Å². The van der Waals surface area contributed by atoms with Gasteiger partial charge < -0.3 is 10.2 Å². The van der Waals surface area contributed by atoms with Crippen LogP contribution in [0.25, 0.3) is 0 Å². The summed E-state index contributed by atoms with van der Waals surface area (Å²) >= 11 is 5.61. The van der Waals surface area contributed by atoms with Gasteiger partial charge in [-0.3, -0.25) is 4.90 Å². The number of phenolic OH excluding ortho intramolecular Hbond substituents is 1. The number of nitrogens with zero attached hydrogens (tertiary/aromatic N) is 1. The Morgan fingerprint density at radius 1 is 1.44 bits per heavy atom. The fraction of sp³-hybridized carbons (Fsp3) is 0.417. The predicted molar refractivity (Wildman–Crippen MR) is 66.4 cm³/mol. The van der Waals surface area contributed by atoms with E-state index in [1.54, 1.807) is 20.8 Å². The molecule has 0 spiro atoms. The summed E-state index contributed by atoms with van der Waals surface area (Å²) in [6.07, 6.45) is -1.19. The molecule has 1 aromatic rings. The van der Waals surface area contributed by atoms with Gasteiger partial charge in [-0.2, -0.15) is 0 Å². The number of carboxylic acid groups (broad SMARTS) is 1. The van der Waals surface area contributed by atoms with Crippen LogP contribution >= 0.6 is 11.6 Å². The van der Waals surface area contributed by atoms with Gasteiger partial charge in [-0.1, -0.05) is 11.6 Å². The van der Waals surface area contributed by atoms with Crippen LogP contribution in [0.3, 0.4) is 0 Å². The van der Waals surface area contributed by atoms with E-state index in [1.165, 1.54) is 12.1 Å². The van der Waals surface area contributed by atoms with Gasteiger partial charge in [-0.25, -0.2) is 9.18 Å². The molecule has 2 N–H and O–H groups in total. The minimum Gasteiger partial charge on any atom is -0.507 e. The summed E-state index contributed by atoms with van der Waals surface area (Å²) in [6, 6.07) is 2.46. The third-order valence-electron chi connectivity index (χ3n) is 2.53. The molecule has 1 rings (SSSR count). The molecule has 0 aliphatic heterocycles. The molecule has 0 fully saturated rings. The Hall–Kier alpha value is -1.49.